The molecule has 1 aliphatic heterocycles. The summed E-state index contributed by atoms with van der Waals surface area (Å²) in [5.41, 5.74) is 3.04. The summed E-state index contributed by atoms with van der Waals surface area (Å²) in [5.74, 6) is 0.611. The number of nitrogens with one attached hydrogen (secondary N) is 2. The molecule has 2 heterocycles. The van der Waals surface area contributed by atoms with Gasteiger partial charge in [0, 0.05) is 41.8 Å². The molecular formula is C23H24FN5O2. The van der Waals surface area contributed by atoms with E-state index in [1.54, 1.807) is 31.2 Å². The molecule has 8 heteroatoms. The first-order valence-electron chi connectivity index (χ1n) is 10.1. The Bertz CT molecular complexity index is 1080. The molecule has 0 atom stereocenters. The molecule has 0 aliphatic carbocycles. The Hall–Kier alpha value is -3.52. The van der Waals surface area contributed by atoms with Gasteiger partial charge >= 0.3 is 0 Å². The number of ether oxygens (including phenoxy) is 1. The lowest BCUT2D eigenvalue weighted by molar-refractivity contribution is 0.102. The van der Waals surface area contributed by atoms with Crippen LogP contribution >= 0.6 is 0 Å². The highest BCUT2D eigenvalue weighted by molar-refractivity contribution is 6.04. The van der Waals surface area contributed by atoms with E-state index in [1.165, 1.54) is 6.07 Å². The van der Waals surface area contributed by atoms with Crippen molar-refractivity contribution in [2.45, 2.75) is 13.8 Å². The Balaban J connectivity index is 1.43. The molecule has 0 spiro atoms. The second-order valence-electron chi connectivity index (χ2n) is 7.41. The maximum Gasteiger partial charge on any atom is 0.255 e. The van der Waals surface area contributed by atoms with Gasteiger partial charge in [-0.2, -0.15) is 4.98 Å². The molecule has 1 amide bonds. The lowest BCUT2D eigenvalue weighted by Crippen LogP contribution is -2.36. The van der Waals surface area contributed by atoms with Gasteiger partial charge in [0.1, 0.15) is 11.6 Å². The van der Waals surface area contributed by atoms with Gasteiger partial charge in [0.2, 0.25) is 5.95 Å². The lowest BCUT2D eigenvalue weighted by atomic mass is 10.1. The first kappa shape index (κ1) is 20.7. The molecule has 2 aromatic carbocycles. The van der Waals surface area contributed by atoms with E-state index in [1.807, 2.05) is 25.1 Å². The number of rotatable bonds is 5. The van der Waals surface area contributed by atoms with Gasteiger partial charge < -0.3 is 20.3 Å². The van der Waals surface area contributed by atoms with Crippen LogP contribution in [0.4, 0.5) is 27.5 Å². The van der Waals surface area contributed by atoms with Crippen molar-refractivity contribution in [2.75, 3.05) is 41.8 Å². The van der Waals surface area contributed by atoms with Crippen molar-refractivity contribution >= 4 is 29.0 Å². The molecule has 4 rings (SSSR count). The third-order valence-electron chi connectivity index (χ3n) is 5.01. The second kappa shape index (κ2) is 9.09. The number of anilines is 4. The van der Waals surface area contributed by atoms with E-state index in [0.717, 1.165) is 30.3 Å². The average Bonchev–Trinajstić information content (AvgIpc) is 2.77. The van der Waals surface area contributed by atoms with Crippen molar-refractivity contribution in [1.82, 2.24) is 9.97 Å². The molecule has 1 saturated heterocycles. The molecule has 1 aliphatic rings. The highest BCUT2D eigenvalue weighted by Crippen LogP contribution is 2.21. The number of carbonyl (C=O) groups excluding carboxylic acids is 1. The molecule has 1 fully saturated rings. The van der Waals surface area contributed by atoms with Crippen molar-refractivity contribution in [3.63, 3.8) is 0 Å². The van der Waals surface area contributed by atoms with Crippen LogP contribution in [0.5, 0.6) is 0 Å². The Kier molecular flexibility index (Phi) is 6.08. The fourth-order valence-corrected chi connectivity index (χ4v) is 3.27. The zero-order valence-electron chi connectivity index (χ0n) is 17.5. The van der Waals surface area contributed by atoms with E-state index in [9.17, 15) is 9.18 Å². The monoisotopic (exact) mass is 421 g/mol. The third-order valence-corrected chi connectivity index (χ3v) is 5.01. The third kappa shape index (κ3) is 5.16. The van der Waals surface area contributed by atoms with Crippen LogP contribution < -0.4 is 15.5 Å². The molecule has 3 aromatic rings. The standard InChI is InChI=1S/C23H24FN5O2/c1-15-3-4-17(14-20(15)24)22(30)26-18-5-7-19(8-6-18)27-23-25-16(2)13-21(28-23)29-9-11-31-12-10-29/h3-8,13-14H,9-12H2,1-2H3,(H,26,30)(H,25,27,28). The zero-order chi connectivity index (χ0) is 21.8. The summed E-state index contributed by atoms with van der Waals surface area (Å²) in [4.78, 5) is 23.6. The van der Waals surface area contributed by atoms with E-state index in [2.05, 4.69) is 25.5 Å². The normalized spacial score (nSPS) is 13.7. The number of nitrogens with zero attached hydrogens (tertiary/aromatic N) is 3. The van der Waals surface area contributed by atoms with Crippen LogP contribution in [-0.2, 0) is 4.74 Å². The van der Waals surface area contributed by atoms with E-state index >= 15 is 0 Å². The minimum absolute atomic E-state index is 0.272. The molecule has 0 bridgehead atoms. The summed E-state index contributed by atoms with van der Waals surface area (Å²) in [6, 6.07) is 13.6. The molecular weight excluding hydrogens is 397 g/mol. The van der Waals surface area contributed by atoms with Crippen LogP contribution in [0.25, 0.3) is 0 Å². The predicted octanol–water partition coefficient (Wildman–Crippen LogP) is 4.07. The summed E-state index contributed by atoms with van der Waals surface area (Å²) in [7, 11) is 0. The number of aromatic nitrogens is 2. The number of halogens is 1. The second-order valence-corrected chi connectivity index (χ2v) is 7.41. The SMILES string of the molecule is Cc1cc(N2CCOCC2)nc(Nc2ccc(NC(=O)c3ccc(C)c(F)c3)cc2)n1. The Labute approximate surface area is 180 Å². The highest BCUT2D eigenvalue weighted by Gasteiger charge is 2.14. The van der Waals surface area contributed by atoms with Crippen molar-refractivity contribution in [1.29, 1.82) is 0 Å². The van der Waals surface area contributed by atoms with Crippen molar-refractivity contribution in [3.05, 3.63) is 71.2 Å². The van der Waals surface area contributed by atoms with Crippen LogP contribution in [0.3, 0.4) is 0 Å². The van der Waals surface area contributed by atoms with Crippen LogP contribution in [0.2, 0.25) is 0 Å². The Morgan fingerprint density at radius 2 is 1.71 bits per heavy atom. The summed E-state index contributed by atoms with van der Waals surface area (Å²) in [5, 5.41) is 5.98. The van der Waals surface area contributed by atoms with E-state index in [-0.39, 0.29) is 11.5 Å². The van der Waals surface area contributed by atoms with E-state index in [0.29, 0.717) is 30.4 Å². The number of benzene rings is 2. The van der Waals surface area contributed by atoms with E-state index < -0.39 is 5.82 Å². The molecule has 0 saturated carbocycles. The molecule has 0 unspecified atom stereocenters. The van der Waals surface area contributed by atoms with Crippen LogP contribution in [-0.4, -0.2) is 42.2 Å². The maximum absolute atomic E-state index is 13.7. The van der Waals surface area contributed by atoms with Gasteiger partial charge in [0.25, 0.3) is 5.91 Å². The minimum atomic E-state index is -0.401. The number of aryl methyl sites for hydroxylation is 2. The highest BCUT2D eigenvalue weighted by atomic mass is 19.1. The lowest BCUT2D eigenvalue weighted by Gasteiger charge is -2.28. The quantitative estimate of drug-likeness (QED) is 0.647. The fraction of sp³-hybridized carbons (Fsp3) is 0.261. The summed E-state index contributed by atoms with van der Waals surface area (Å²) in [6.45, 7) is 6.57. The molecule has 31 heavy (non-hydrogen) atoms. The van der Waals surface area contributed by atoms with Gasteiger partial charge in [-0.15, -0.1) is 0 Å². The number of morpholine rings is 1. The van der Waals surface area contributed by atoms with Crippen LogP contribution in [0.1, 0.15) is 21.6 Å². The topological polar surface area (TPSA) is 79.4 Å². The summed E-state index contributed by atoms with van der Waals surface area (Å²) >= 11 is 0. The van der Waals surface area contributed by atoms with Gasteiger partial charge in [-0.05, 0) is 55.8 Å². The van der Waals surface area contributed by atoms with Gasteiger partial charge in [-0.25, -0.2) is 9.37 Å². The van der Waals surface area contributed by atoms with Gasteiger partial charge in [0.05, 0.1) is 13.2 Å². The molecule has 0 radical (unpaired) electrons. The van der Waals surface area contributed by atoms with Crippen molar-refractivity contribution in [3.8, 4) is 0 Å². The maximum atomic E-state index is 13.7. The summed E-state index contributed by atoms with van der Waals surface area (Å²) < 4.78 is 19.1. The molecule has 1 aromatic heterocycles. The molecule has 160 valence electrons. The predicted molar refractivity (Wildman–Crippen MR) is 119 cm³/mol. The minimum Gasteiger partial charge on any atom is -0.378 e. The Morgan fingerprint density at radius 3 is 2.42 bits per heavy atom. The number of amides is 1. The fourth-order valence-electron chi connectivity index (χ4n) is 3.27. The number of hydrogen-bond donors (Lipinski definition) is 2. The van der Waals surface area contributed by atoms with Gasteiger partial charge in [0.15, 0.2) is 0 Å². The van der Waals surface area contributed by atoms with Gasteiger partial charge in [-0.3, -0.25) is 4.79 Å². The number of hydrogen-bond acceptors (Lipinski definition) is 6. The largest absolute Gasteiger partial charge is 0.378 e. The van der Waals surface area contributed by atoms with Gasteiger partial charge in [-0.1, -0.05) is 6.07 Å². The van der Waals surface area contributed by atoms with Crippen molar-refractivity contribution < 1.29 is 13.9 Å². The van der Waals surface area contributed by atoms with E-state index in [4.69, 9.17) is 4.74 Å². The Morgan fingerprint density at radius 1 is 1.00 bits per heavy atom. The molecule has 7 nitrogen and oxygen atoms in total. The van der Waals surface area contributed by atoms with Crippen LogP contribution in [0.15, 0.2) is 48.5 Å². The summed E-state index contributed by atoms with van der Waals surface area (Å²) in [6.07, 6.45) is 0. The van der Waals surface area contributed by atoms with Crippen LogP contribution in [0, 0.1) is 19.7 Å². The smallest absolute Gasteiger partial charge is 0.255 e. The average molecular weight is 421 g/mol. The first-order chi connectivity index (χ1) is 15.0. The molecule has 2 N–H and O–H groups in total. The van der Waals surface area contributed by atoms with Crippen molar-refractivity contribution in [2.24, 2.45) is 0 Å². The number of carbonyl (C=O) groups is 1. The zero-order valence-corrected chi connectivity index (χ0v) is 17.5. The first-order valence-corrected chi connectivity index (χ1v) is 10.1.